The van der Waals surface area contributed by atoms with Gasteiger partial charge in [0.05, 0.1) is 13.2 Å². The van der Waals surface area contributed by atoms with Crippen molar-refractivity contribution < 1.29 is 22.3 Å². The molecule has 2 N–H and O–H groups in total. The van der Waals surface area contributed by atoms with E-state index in [0.29, 0.717) is 5.75 Å². The van der Waals surface area contributed by atoms with E-state index in [9.17, 15) is 17.6 Å². The first-order chi connectivity index (χ1) is 16.7. The topological polar surface area (TPSA) is 87.7 Å². The van der Waals surface area contributed by atoms with Gasteiger partial charge in [0.2, 0.25) is 15.9 Å². The van der Waals surface area contributed by atoms with E-state index in [0.717, 1.165) is 17.2 Å². The second-order valence-corrected chi connectivity index (χ2v) is 9.98. The minimum absolute atomic E-state index is 0.103. The van der Waals surface area contributed by atoms with E-state index in [1.165, 1.54) is 18.2 Å². The molecular weight excluding hydrogens is 469 g/mol. The normalized spacial score (nSPS) is 13.3. The SMILES string of the molecule is COc1cccc(C(CNC(=O)C(Cc2ccccc2)NS(=O)(=O)c2ccccc2F)N(C)C)c1. The summed E-state index contributed by atoms with van der Waals surface area (Å²) in [5.41, 5.74) is 1.70. The number of ether oxygens (including phenoxy) is 1. The van der Waals surface area contributed by atoms with Crippen molar-refractivity contribution in [2.24, 2.45) is 0 Å². The highest BCUT2D eigenvalue weighted by molar-refractivity contribution is 7.89. The second-order valence-electron chi connectivity index (χ2n) is 8.30. The number of hydrogen-bond donors (Lipinski definition) is 2. The number of carbonyl (C=O) groups is 1. The first-order valence-electron chi connectivity index (χ1n) is 11.1. The van der Waals surface area contributed by atoms with Crippen molar-refractivity contribution in [1.82, 2.24) is 14.9 Å². The van der Waals surface area contributed by atoms with E-state index in [4.69, 9.17) is 4.74 Å². The van der Waals surface area contributed by atoms with Crippen LogP contribution < -0.4 is 14.8 Å². The largest absolute Gasteiger partial charge is 0.497 e. The Labute approximate surface area is 206 Å². The number of amides is 1. The third-order valence-electron chi connectivity index (χ3n) is 5.59. The molecule has 3 aromatic rings. The lowest BCUT2D eigenvalue weighted by molar-refractivity contribution is -0.122. The summed E-state index contributed by atoms with van der Waals surface area (Å²) in [6.45, 7) is 0.228. The highest BCUT2D eigenvalue weighted by Crippen LogP contribution is 2.22. The predicted molar refractivity (Wildman–Crippen MR) is 133 cm³/mol. The molecule has 1 amide bonds. The number of nitrogens with one attached hydrogen (secondary N) is 2. The summed E-state index contributed by atoms with van der Waals surface area (Å²) in [5.74, 6) is -0.701. The van der Waals surface area contributed by atoms with Crippen LogP contribution in [0.1, 0.15) is 17.2 Å². The summed E-state index contributed by atoms with van der Waals surface area (Å²) in [7, 11) is 1.08. The highest BCUT2D eigenvalue weighted by atomic mass is 32.2. The van der Waals surface area contributed by atoms with Gasteiger partial charge in [0, 0.05) is 6.54 Å². The molecule has 3 rings (SSSR count). The Bertz CT molecular complexity index is 1240. The molecule has 186 valence electrons. The Morgan fingerprint density at radius 3 is 2.34 bits per heavy atom. The molecule has 2 atom stereocenters. The van der Waals surface area contributed by atoms with Crippen LogP contribution >= 0.6 is 0 Å². The molecular formula is C26H30FN3O4S. The number of hydrogen-bond acceptors (Lipinski definition) is 5. The molecule has 35 heavy (non-hydrogen) atoms. The summed E-state index contributed by atoms with van der Waals surface area (Å²) in [6.07, 6.45) is 0.103. The van der Waals surface area contributed by atoms with Crippen molar-refractivity contribution in [1.29, 1.82) is 0 Å². The fourth-order valence-electron chi connectivity index (χ4n) is 3.72. The maximum atomic E-state index is 14.2. The lowest BCUT2D eigenvalue weighted by atomic mass is 10.0. The standard InChI is InChI=1S/C26H30FN3O4S/c1-30(2)24(20-12-9-13-21(17-20)34-3)18-28-26(31)23(16-19-10-5-4-6-11-19)29-35(32,33)25-15-8-7-14-22(25)27/h4-15,17,23-24,29H,16,18H2,1-3H3,(H,28,31). The van der Waals surface area contributed by atoms with Crippen molar-refractivity contribution >= 4 is 15.9 Å². The van der Waals surface area contributed by atoms with Crippen LogP contribution in [0.4, 0.5) is 4.39 Å². The van der Waals surface area contributed by atoms with E-state index < -0.39 is 32.7 Å². The van der Waals surface area contributed by atoms with Gasteiger partial charge in [0.15, 0.2) is 0 Å². The molecule has 0 saturated heterocycles. The molecule has 0 aromatic heterocycles. The van der Waals surface area contributed by atoms with Crippen LogP contribution in [-0.2, 0) is 21.2 Å². The zero-order valence-electron chi connectivity index (χ0n) is 19.9. The Morgan fingerprint density at radius 2 is 1.69 bits per heavy atom. The Kier molecular flexibility index (Phi) is 8.97. The van der Waals surface area contributed by atoms with Gasteiger partial charge >= 0.3 is 0 Å². The summed E-state index contributed by atoms with van der Waals surface area (Å²) < 4.78 is 47.8. The van der Waals surface area contributed by atoms with Gasteiger partial charge in [0.1, 0.15) is 22.5 Å². The molecule has 0 aliphatic rings. The molecule has 0 spiro atoms. The lowest BCUT2D eigenvalue weighted by Crippen LogP contribution is -2.49. The minimum Gasteiger partial charge on any atom is -0.497 e. The monoisotopic (exact) mass is 499 g/mol. The molecule has 0 aliphatic carbocycles. The van der Waals surface area contributed by atoms with Crippen LogP contribution in [0, 0.1) is 5.82 Å². The van der Waals surface area contributed by atoms with Crippen LogP contribution in [0.15, 0.2) is 83.8 Å². The molecule has 0 radical (unpaired) electrons. The van der Waals surface area contributed by atoms with Gasteiger partial charge in [-0.2, -0.15) is 4.72 Å². The minimum atomic E-state index is -4.28. The van der Waals surface area contributed by atoms with E-state index in [1.807, 2.05) is 49.3 Å². The molecule has 9 heteroatoms. The van der Waals surface area contributed by atoms with E-state index in [1.54, 1.807) is 31.4 Å². The molecule has 0 saturated carbocycles. The van der Waals surface area contributed by atoms with Crippen LogP contribution in [0.5, 0.6) is 5.75 Å². The summed E-state index contributed by atoms with van der Waals surface area (Å²) in [5, 5.41) is 2.87. The maximum absolute atomic E-state index is 14.2. The first kappa shape index (κ1) is 26.3. The average Bonchev–Trinajstić information content (AvgIpc) is 2.84. The van der Waals surface area contributed by atoms with E-state index >= 15 is 0 Å². The summed E-state index contributed by atoms with van der Waals surface area (Å²) >= 11 is 0. The van der Waals surface area contributed by atoms with Gasteiger partial charge in [0.25, 0.3) is 0 Å². The number of benzene rings is 3. The maximum Gasteiger partial charge on any atom is 0.244 e. The van der Waals surface area contributed by atoms with Gasteiger partial charge in [-0.25, -0.2) is 12.8 Å². The van der Waals surface area contributed by atoms with Gasteiger partial charge < -0.3 is 15.0 Å². The number of halogens is 1. The Balaban J connectivity index is 1.82. The number of sulfonamides is 1. The van der Waals surface area contributed by atoms with Crippen LogP contribution in [0.25, 0.3) is 0 Å². The number of nitrogens with zero attached hydrogens (tertiary/aromatic N) is 1. The van der Waals surface area contributed by atoms with Crippen molar-refractivity contribution in [2.45, 2.75) is 23.4 Å². The lowest BCUT2D eigenvalue weighted by Gasteiger charge is -2.27. The predicted octanol–water partition coefficient (Wildman–Crippen LogP) is 3.14. The van der Waals surface area contributed by atoms with Crippen LogP contribution in [0.2, 0.25) is 0 Å². The summed E-state index contributed by atoms with van der Waals surface area (Å²) in [6, 6.07) is 20.3. The Morgan fingerprint density at radius 1 is 1.00 bits per heavy atom. The van der Waals surface area contributed by atoms with Crippen molar-refractivity contribution in [3.63, 3.8) is 0 Å². The zero-order chi connectivity index (χ0) is 25.4. The second kappa shape index (κ2) is 11.9. The molecule has 0 bridgehead atoms. The van der Waals surface area contributed by atoms with Crippen molar-refractivity contribution in [2.75, 3.05) is 27.7 Å². The molecule has 0 heterocycles. The van der Waals surface area contributed by atoms with Gasteiger partial charge in [-0.3, -0.25) is 4.79 Å². The van der Waals surface area contributed by atoms with Crippen molar-refractivity contribution in [3.05, 3.63) is 95.8 Å². The van der Waals surface area contributed by atoms with Crippen LogP contribution in [0.3, 0.4) is 0 Å². The van der Waals surface area contributed by atoms with Crippen LogP contribution in [-0.4, -0.2) is 53.0 Å². The number of rotatable bonds is 11. The highest BCUT2D eigenvalue weighted by Gasteiger charge is 2.28. The number of likely N-dealkylation sites (N-methyl/N-ethyl adjacent to an activating group) is 1. The molecule has 0 fully saturated rings. The quantitative estimate of drug-likeness (QED) is 0.423. The number of carbonyl (C=O) groups excluding carboxylic acids is 1. The Hall–Kier alpha value is -3.27. The average molecular weight is 500 g/mol. The third kappa shape index (κ3) is 7.11. The summed E-state index contributed by atoms with van der Waals surface area (Å²) in [4.78, 5) is 14.7. The van der Waals surface area contributed by atoms with Gasteiger partial charge in [-0.1, -0.05) is 54.6 Å². The van der Waals surface area contributed by atoms with E-state index in [-0.39, 0.29) is 19.0 Å². The van der Waals surface area contributed by atoms with Crippen molar-refractivity contribution in [3.8, 4) is 5.75 Å². The van der Waals surface area contributed by atoms with Gasteiger partial charge in [-0.05, 0) is 55.9 Å². The van der Waals surface area contributed by atoms with E-state index in [2.05, 4.69) is 10.0 Å². The fraction of sp³-hybridized carbons (Fsp3) is 0.269. The molecule has 7 nitrogen and oxygen atoms in total. The zero-order valence-corrected chi connectivity index (χ0v) is 20.8. The first-order valence-corrected chi connectivity index (χ1v) is 12.6. The third-order valence-corrected chi connectivity index (χ3v) is 7.10. The van der Waals surface area contributed by atoms with Gasteiger partial charge in [-0.15, -0.1) is 0 Å². The smallest absolute Gasteiger partial charge is 0.244 e. The molecule has 2 unspecified atom stereocenters. The molecule has 0 aliphatic heterocycles. The molecule has 3 aromatic carbocycles. The number of methoxy groups -OCH3 is 1. The fourth-order valence-corrected chi connectivity index (χ4v) is 4.99.